The molecule has 0 fully saturated rings. The van der Waals surface area contributed by atoms with E-state index < -0.39 is 0 Å². The summed E-state index contributed by atoms with van der Waals surface area (Å²) in [6.45, 7) is 3.79. The SMILES string of the molecule is Cc1ccc(-c2ccc(C(=O)Nc3ccc(NC(=O)c4ccccc4)c(C)c3)o2)cc1Cl. The van der Waals surface area contributed by atoms with E-state index in [9.17, 15) is 9.59 Å². The Labute approximate surface area is 191 Å². The van der Waals surface area contributed by atoms with Crippen LogP contribution in [0.4, 0.5) is 11.4 Å². The molecule has 0 aliphatic carbocycles. The molecule has 0 saturated carbocycles. The second-order valence-corrected chi connectivity index (χ2v) is 7.84. The molecule has 0 aliphatic heterocycles. The number of anilines is 2. The number of furan rings is 1. The number of aryl methyl sites for hydroxylation is 2. The van der Waals surface area contributed by atoms with Crippen LogP contribution < -0.4 is 10.6 Å². The molecule has 6 heteroatoms. The summed E-state index contributed by atoms with van der Waals surface area (Å²) >= 11 is 6.19. The second-order valence-electron chi connectivity index (χ2n) is 7.43. The molecule has 0 unspecified atom stereocenters. The molecule has 1 aromatic heterocycles. The molecule has 32 heavy (non-hydrogen) atoms. The van der Waals surface area contributed by atoms with Crippen molar-refractivity contribution in [2.24, 2.45) is 0 Å². The Hall–Kier alpha value is -3.83. The molecule has 0 spiro atoms. The summed E-state index contributed by atoms with van der Waals surface area (Å²) < 4.78 is 5.73. The summed E-state index contributed by atoms with van der Waals surface area (Å²) in [4.78, 5) is 25.0. The van der Waals surface area contributed by atoms with Crippen molar-refractivity contribution < 1.29 is 14.0 Å². The van der Waals surface area contributed by atoms with Crippen LogP contribution in [-0.2, 0) is 0 Å². The molecular formula is C26H21ClN2O3. The Morgan fingerprint density at radius 2 is 1.56 bits per heavy atom. The van der Waals surface area contributed by atoms with E-state index in [1.165, 1.54) is 0 Å². The maximum absolute atomic E-state index is 12.6. The van der Waals surface area contributed by atoms with Gasteiger partial charge < -0.3 is 15.1 Å². The third-order valence-electron chi connectivity index (χ3n) is 5.05. The summed E-state index contributed by atoms with van der Waals surface area (Å²) in [7, 11) is 0. The minimum absolute atomic E-state index is 0.190. The lowest BCUT2D eigenvalue weighted by Crippen LogP contribution is -2.14. The standard InChI is InChI=1S/C26H21ClN2O3/c1-16-8-9-19(15-21(16)27)23-12-13-24(32-23)26(31)28-20-10-11-22(17(2)14-20)29-25(30)18-6-4-3-5-7-18/h3-15H,1-2H3,(H,28,31)(H,29,30). The number of halogens is 1. The molecule has 3 aromatic carbocycles. The molecule has 1 heterocycles. The highest BCUT2D eigenvalue weighted by Crippen LogP contribution is 2.27. The minimum atomic E-state index is -0.366. The number of nitrogens with one attached hydrogen (secondary N) is 2. The Kier molecular flexibility index (Phi) is 6.10. The lowest BCUT2D eigenvalue weighted by atomic mass is 10.1. The smallest absolute Gasteiger partial charge is 0.291 e. The molecule has 0 bridgehead atoms. The van der Waals surface area contributed by atoms with E-state index in [4.69, 9.17) is 16.0 Å². The molecule has 0 saturated heterocycles. The van der Waals surface area contributed by atoms with Gasteiger partial charge in [-0.05, 0) is 73.5 Å². The van der Waals surface area contributed by atoms with Gasteiger partial charge in [-0.1, -0.05) is 41.9 Å². The van der Waals surface area contributed by atoms with Crippen LogP contribution in [0.2, 0.25) is 5.02 Å². The zero-order chi connectivity index (χ0) is 22.7. The molecule has 2 amide bonds. The lowest BCUT2D eigenvalue weighted by molar-refractivity contribution is 0.0995. The monoisotopic (exact) mass is 444 g/mol. The molecular weight excluding hydrogens is 424 g/mol. The van der Waals surface area contributed by atoms with E-state index in [1.807, 2.05) is 50.2 Å². The molecule has 0 radical (unpaired) electrons. The van der Waals surface area contributed by atoms with Gasteiger partial charge in [-0.25, -0.2) is 0 Å². The van der Waals surface area contributed by atoms with Gasteiger partial charge in [0, 0.05) is 27.5 Å². The maximum Gasteiger partial charge on any atom is 0.291 e. The van der Waals surface area contributed by atoms with E-state index in [0.29, 0.717) is 27.7 Å². The predicted octanol–water partition coefficient (Wildman–Crippen LogP) is 6.72. The zero-order valence-corrected chi connectivity index (χ0v) is 18.4. The average molecular weight is 445 g/mol. The van der Waals surface area contributed by atoms with E-state index in [0.717, 1.165) is 16.7 Å². The van der Waals surface area contributed by atoms with Crippen molar-refractivity contribution in [2.45, 2.75) is 13.8 Å². The number of amides is 2. The van der Waals surface area contributed by atoms with Crippen molar-refractivity contribution in [3.8, 4) is 11.3 Å². The first-order valence-corrected chi connectivity index (χ1v) is 10.4. The van der Waals surface area contributed by atoms with Gasteiger partial charge in [0.1, 0.15) is 5.76 Å². The quantitative estimate of drug-likeness (QED) is 0.359. The van der Waals surface area contributed by atoms with E-state index >= 15 is 0 Å². The Bertz CT molecular complexity index is 1300. The average Bonchev–Trinajstić information content (AvgIpc) is 3.28. The van der Waals surface area contributed by atoms with Crippen LogP contribution >= 0.6 is 11.6 Å². The zero-order valence-electron chi connectivity index (χ0n) is 17.6. The van der Waals surface area contributed by atoms with Gasteiger partial charge in [0.05, 0.1) is 0 Å². The van der Waals surface area contributed by atoms with Crippen molar-refractivity contribution >= 4 is 34.8 Å². The first kappa shape index (κ1) is 21.4. The second kappa shape index (κ2) is 9.12. The number of rotatable bonds is 5. The van der Waals surface area contributed by atoms with Crippen molar-refractivity contribution in [1.82, 2.24) is 0 Å². The van der Waals surface area contributed by atoms with Gasteiger partial charge in [-0.3, -0.25) is 9.59 Å². The molecule has 2 N–H and O–H groups in total. The lowest BCUT2D eigenvalue weighted by Gasteiger charge is -2.11. The number of carbonyl (C=O) groups excluding carboxylic acids is 2. The summed E-state index contributed by atoms with van der Waals surface area (Å²) in [5.74, 6) is 0.197. The van der Waals surface area contributed by atoms with Gasteiger partial charge >= 0.3 is 0 Å². The Balaban J connectivity index is 1.45. The van der Waals surface area contributed by atoms with Crippen LogP contribution in [0.3, 0.4) is 0 Å². The number of hydrogen-bond acceptors (Lipinski definition) is 3. The van der Waals surface area contributed by atoms with Gasteiger partial charge in [-0.15, -0.1) is 0 Å². The van der Waals surface area contributed by atoms with Crippen LogP contribution in [0, 0.1) is 13.8 Å². The van der Waals surface area contributed by atoms with Gasteiger partial charge in [-0.2, -0.15) is 0 Å². The fraction of sp³-hybridized carbons (Fsp3) is 0.0769. The highest BCUT2D eigenvalue weighted by molar-refractivity contribution is 6.31. The van der Waals surface area contributed by atoms with Gasteiger partial charge in [0.2, 0.25) is 0 Å². The van der Waals surface area contributed by atoms with Crippen LogP contribution in [0.5, 0.6) is 0 Å². The number of hydrogen-bond donors (Lipinski definition) is 2. The minimum Gasteiger partial charge on any atom is -0.451 e. The summed E-state index contributed by atoms with van der Waals surface area (Å²) in [6, 6.07) is 23.2. The van der Waals surface area contributed by atoms with Crippen LogP contribution in [0.25, 0.3) is 11.3 Å². The van der Waals surface area contributed by atoms with Gasteiger partial charge in [0.15, 0.2) is 5.76 Å². The molecule has 0 atom stereocenters. The molecule has 5 nitrogen and oxygen atoms in total. The fourth-order valence-corrected chi connectivity index (χ4v) is 3.40. The third-order valence-corrected chi connectivity index (χ3v) is 5.46. The van der Waals surface area contributed by atoms with E-state index in [-0.39, 0.29) is 17.6 Å². The highest BCUT2D eigenvalue weighted by Gasteiger charge is 2.14. The summed E-state index contributed by atoms with van der Waals surface area (Å²) in [6.07, 6.45) is 0. The van der Waals surface area contributed by atoms with Crippen molar-refractivity contribution in [1.29, 1.82) is 0 Å². The molecule has 4 rings (SSSR count). The molecule has 4 aromatic rings. The van der Waals surface area contributed by atoms with Crippen LogP contribution in [0.1, 0.15) is 32.0 Å². The topological polar surface area (TPSA) is 71.3 Å². The van der Waals surface area contributed by atoms with Gasteiger partial charge in [0.25, 0.3) is 11.8 Å². The summed E-state index contributed by atoms with van der Waals surface area (Å²) in [5.41, 5.74) is 4.44. The predicted molar refractivity (Wildman–Crippen MR) is 127 cm³/mol. The molecule has 0 aliphatic rings. The Morgan fingerprint density at radius 1 is 0.781 bits per heavy atom. The first-order chi connectivity index (χ1) is 15.4. The van der Waals surface area contributed by atoms with Crippen LogP contribution in [0.15, 0.2) is 83.3 Å². The van der Waals surface area contributed by atoms with Crippen molar-refractivity contribution in [2.75, 3.05) is 10.6 Å². The van der Waals surface area contributed by atoms with Crippen molar-refractivity contribution in [3.63, 3.8) is 0 Å². The number of carbonyl (C=O) groups is 2. The van der Waals surface area contributed by atoms with Crippen LogP contribution in [-0.4, -0.2) is 11.8 Å². The number of benzene rings is 3. The fourth-order valence-electron chi connectivity index (χ4n) is 3.22. The van der Waals surface area contributed by atoms with E-state index in [1.54, 1.807) is 42.5 Å². The third kappa shape index (κ3) is 4.74. The van der Waals surface area contributed by atoms with Crippen molar-refractivity contribution in [3.05, 3.63) is 106 Å². The molecule has 160 valence electrons. The largest absolute Gasteiger partial charge is 0.451 e. The Morgan fingerprint density at radius 3 is 2.28 bits per heavy atom. The highest BCUT2D eigenvalue weighted by atomic mass is 35.5. The first-order valence-electron chi connectivity index (χ1n) is 10.1. The maximum atomic E-state index is 12.6. The summed E-state index contributed by atoms with van der Waals surface area (Å²) in [5, 5.41) is 6.35. The normalized spacial score (nSPS) is 10.6. The van der Waals surface area contributed by atoms with E-state index in [2.05, 4.69) is 10.6 Å².